The number of guanidine groups is 1. The van der Waals surface area contributed by atoms with Gasteiger partial charge in [-0.1, -0.05) is 6.07 Å². The molecule has 0 radical (unpaired) electrons. The highest BCUT2D eigenvalue weighted by Gasteiger charge is 2.37. The van der Waals surface area contributed by atoms with Crippen molar-refractivity contribution in [3.8, 4) is 5.75 Å². The van der Waals surface area contributed by atoms with Crippen LogP contribution in [0.25, 0.3) is 0 Å². The molecule has 114 valence electrons. The summed E-state index contributed by atoms with van der Waals surface area (Å²) in [4.78, 5) is 14.0. The Bertz CT molecular complexity index is 578. The summed E-state index contributed by atoms with van der Waals surface area (Å²) in [6, 6.07) is 4.13. The monoisotopic (exact) mass is 291 g/mol. The molecule has 0 aromatic heterocycles. The van der Waals surface area contributed by atoms with E-state index in [1.54, 1.807) is 39.0 Å². The standard InChI is InChI=1S/C15H21N3O3/c1-15(2,3)21-13(20)12-11-8-10(19)5-4-9(11)6-7-18(12)14(16)17/h4-5,8,12,19H,6-7H2,1-3H3,(H3,16,17). The molecule has 0 amide bonds. The molecule has 1 heterocycles. The van der Waals surface area contributed by atoms with Gasteiger partial charge in [-0.2, -0.15) is 0 Å². The number of hydrogen-bond donors (Lipinski definition) is 3. The van der Waals surface area contributed by atoms with Crippen molar-refractivity contribution in [1.29, 1.82) is 5.41 Å². The van der Waals surface area contributed by atoms with Crippen LogP contribution in [0.3, 0.4) is 0 Å². The van der Waals surface area contributed by atoms with E-state index in [4.69, 9.17) is 15.9 Å². The lowest BCUT2D eigenvalue weighted by molar-refractivity contribution is -0.160. The maximum absolute atomic E-state index is 12.5. The average Bonchev–Trinajstić information content (AvgIpc) is 2.34. The molecule has 0 fully saturated rings. The summed E-state index contributed by atoms with van der Waals surface area (Å²) in [6.45, 7) is 5.83. The summed E-state index contributed by atoms with van der Waals surface area (Å²) in [6.07, 6.45) is 0.661. The normalized spacial score (nSPS) is 18.0. The lowest BCUT2D eigenvalue weighted by Gasteiger charge is -2.37. The van der Waals surface area contributed by atoms with Crippen molar-refractivity contribution < 1.29 is 14.6 Å². The topological polar surface area (TPSA) is 99.6 Å². The van der Waals surface area contributed by atoms with Crippen molar-refractivity contribution >= 4 is 11.9 Å². The average molecular weight is 291 g/mol. The third-order valence-corrected chi connectivity index (χ3v) is 3.30. The number of aromatic hydroxyl groups is 1. The number of nitrogens with two attached hydrogens (primary N) is 1. The van der Waals surface area contributed by atoms with Crippen LogP contribution in [0.5, 0.6) is 5.75 Å². The number of fused-ring (bicyclic) bond motifs is 1. The van der Waals surface area contributed by atoms with Crippen LogP contribution in [0, 0.1) is 5.41 Å². The molecule has 1 atom stereocenters. The second kappa shape index (κ2) is 5.27. The number of ether oxygens (including phenoxy) is 1. The van der Waals surface area contributed by atoms with Gasteiger partial charge >= 0.3 is 5.97 Å². The highest BCUT2D eigenvalue weighted by atomic mass is 16.6. The first-order valence-corrected chi connectivity index (χ1v) is 6.84. The van der Waals surface area contributed by atoms with E-state index >= 15 is 0 Å². The molecule has 1 unspecified atom stereocenters. The molecular formula is C15H21N3O3. The van der Waals surface area contributed by atoms with Crippen molar-refractivity contribution in [2.24, 2.45) is 5.73 Å². The SMILES string of the molecule is CC(C)(C)OC(=O)C1c2cc(O)ccc2CCN1C(=N)N. The Morgan fingerprint density at radius 2 is 2.14 bits per heavy atom. The van der Waals surface area contributed by atoms with Crippen LogP contribution in [0.1, 0.15) is 37.9 Å². The molecule has 2 rings (SSSR count). The Balaban J connectivity index is 2.44. The summed E-state index contributed by atoms with van der Waals surface area (Å²) < 4.78 is 5.44. The first-order valence-electron chi connectivity index (χ1n) is 6.84. The van der Waals surface area contributed by atoms with Gasteiger partial charge in [0.2, 0.25) is 0 Å². The van der Waals surface area contributed by atoms with Crippen LogP contribution in [0.15, 0.2) is 18.2 Å². The van der Waals surface area contributed by atoms with E-state index in [1.165, 1.54) is 4.90 Å². The molecule has 0 saturated heterocycles. The zero-order valence-electron chi connectivity index (χ0n) is 12.5. The van der Waals surface area contributed by atoms with Crippen LogP contribution in [0.2, 0.25) is 0 Å². The lowest BCUT2D eigenvalue weighted by Crippen LogP contribution is -2.48. The molecule has 0 bridgehead atoms. The zero-order chi connectivity index (χ0) is 15.8. The number of benzene rings is 1. The van der Waals surface area contributed by atoms with Gasteiger partial charge < -0.3 is 20.5 Å². The largest absolute Gasteiger partial charge is 0.508 e. The highest BCUT2D eigenvalue weighted by molar-refractivity contribution is 5.86. The number of carbonyl (C=O) groups excluding carboxylic acids is 1. The minimum atomic E-state index is -0.794. The Labute approximate surface area is 124 Å². The molecule has 21 heavy (non-hydrogen) atoms. The van der Waals surface area contributed by atoms with E-state index in [2.05, 4.69) is 0 Å². The predicted molar refractivity (Wildman–Crippen MR) is 79.0 cm³/mol. The van der Waals surface area contributed by atoms with Crippen LogP contribution in [-0.2, 0) is 16.0 Å². The van der Waals surface area contributed by atoms with Crippen molar-refractivity contribution in [2.75, 3.05) is 6.54 Å². The van der Waals surface area contributed by atoms with E-state index < -0.39 is 17.6 Å². The van der Waals surface area contributed by atoms with Gasteiger partial charge in [-0.05, 0) is 50.5 Å². The molecule has 1 aromatic rings. The van der Waals surface area contributed by atoms with Crippen LogP contribution in [0.4, 0.5) is 0 Å². The molecule has 1 aromatic carbocycles. The van der Waals surface area contributed by atoms with Crippen molar-refractivity contribution in [3.63, 3.8) is 0 Å². The van der Waals surface area contributed by atoms with Crippen LogP contribution < -0.4 is 5.73 Å². The van der Waals surface area contributed by atoms with E-state index in [1.807, 2.05) is 0 Å². The molecule has 1 aliphatic rings. The summed E-state index contributed by atoms with van der Waals surface area (Å²) in [7, 11) is 0. The number of phenols is 1. The lowest BCUT2D eigenvalue weighted by atomic mass is 9.92. The zero-order valence-corrected chi connectivity index (χ0v) is 12.5. The van der Waals surface area contributed by atoms with Gasteiger partial charge in [-0.3, -0.25) is 5.41 Å². The van der Waals surface area contributed by atoms with Gasteiger partial charge in [0.15, 0.2) is 12.0 Å². The number of phenolic OH excluding ortho intramolecular Hbond substituents is 1. The minimum Gasteiger partial charge on any atom is -0.508 e. The molecular weight excluding hydrogens is 270 g/mol. The van der Waals surface area contributed by atoms with Crippen molar-refractivity contribution in [1.82, 2.24) is 4.90 Å². The number of carbonyl (C=O) groups is 1. The first-order chi connectivity index (χ1) is 9.69. The first kappa shape index (κ1) is 15.2. The molecule has 0 spiro atoms. The summed E-state index contributed by atoms with van der Waals surface area (Å²) in [5, 5.41) is 17.4. The molecule has 1 aliphatic heterocycles. The fraction of sp³-hybridized carbons (Fsp3) is 0.467. The minimum absolute atomic E-state index is 0.0766. The van der Waals surface area contributed by atoms with E-state index in [0.29, 0.717) is 18.5 Å². The van der Waals surface area contributed by atoms with Gasteiger partial charge in [-0.25, -0.2) is 4.79 Å². The highest BCUT2D eigenvalue weighted by Crippen LogP contribution is 2.33. The van der Waals surface area contributed by atoms with E-state index in [9.17, 15) is 9.90 Å². The number of rotatable bonds is 1. The van der Waals surface area contributed by atoms with Crippen LogP contribution >= 0.6 is 0 Å². The van der Waals surface area contributed by atoms with Gasteiger partial charge in [0.1, 0.15) is 11.4 Å². The molecule has 0 saturated carbocycles. The number of hydrogen-bond acceptors (Lipinski definition) is 4. The number of esters is 1. The summed E-state index contributed by atoms with van der Waals surface area (Å²) >= 11 is 0. The Morgan fingerprint density at radius 1 is 1.48 bits per heavy atom. The fourth-order valence-electron chi connectivity index (χ4n) is 2.47. The number of nitrogens with zero attached hydrogens (tertiary/aromatic N) is 1. The van der Waals surface area contributed by atoms with Gasteiger partial charge in [-0.15, -0.1) is 0 Å². The second-order valence-corrected chi connectivity index (χ2v) is 6.15. The third kappa shape index (κ3) is 3.26. The molecule has 0 aliphatic carbocycles. The second-order valence-electron chi connectivity index (χ2n) is 6.15. The van der Waals surface area contributed by atoms with Gasteiger partial charge in [0, 0.05) is 6.54 Å². The molecule has 6 heteroatoms. The van der Waals surface area contributed by atoms with Gasteiger partial charge in [0.05, 0.1) is 0 Å². The van der Waals surface area contributed by atoms with Gasteiger partial charge in [0.25, 0.3) is 0 Å². The van der Waals surface area contributed by atoms with Crippen molar-refractivity contribution in [2.45, 2.75) is 38.8 Å². The summed E-state index contributed by atoms with van der Waals surface area (Å²) in [5.41, 5.74) is 6.57. The van der Waals surface area contributed by atoms with E-state index in [0.717, 1.165) is 5.56 Å². The Hall–Kier alpha value is -2.24. The maximum Gasteiger partial charge on any atom is 0.334 e. The summed E-state index contributed by atoms with van der Waals surface area (Å²) in [5.74, 6) is -0.572. The van der Waals surface area contributed by atoms with E-state index in [-0.39, 0.29) is 11.7 Å². The van der Waals surface area contributed by atoms with Crippen molar-refractivity contribution in [3.05, 3.63) is 29.3 Å². The Morgan fingerprint density at radius 3 is 2.71 bits per heavy atom. The predicted octanol–water partition coefficient (Wildman–Crippen LogP) is 1.53. The Kier molecular flexibility index (Phi) is 3.80. The maximum atomic E-state index is 12.5. The smallest absolute Gasteiger partial charge is 0.334 e. The third-order valence-electron chi connectivity index (χ3n) is 3.30. The quantitative estimate of drug-likeness (QED) is 0.414. The molecule has 4 N–H and O–H groups in total. The molecule has 6 nitrogen and oxygen atoms in total. The fourth-order valence-corrected chi connectivity index (χ4v) is 2.47. The number of nitrogens with one attached hydrogen (secondary N) is 1. The van der Waals surface area contributed by atoms with Crippen LogP contribution in [-0.4, -0.2) is 34.1 Å².